The van der Waals surface area contributed by atoms with Crippen LogP contribution in [0.25, 0.3) is 0 Å². The van der Waals surface area contributed by atoms with Crippen molar-refractivity contribution in [2.24, 2.45) is 0 Å². The lowest BCUT2D eigenvalue weighted by Gasteiger charge is -2.20. The number of hydrogen-bond donors (Lipinski definition) is 0. The van der Waals surface area contributed by atoms with Crippen LogP contribution in [0.15, 0.2) is 71.6 Å². The summed E-state index contributed by atoms with van der Waals surface area (Å²) in [5.41, 5.74) is 3.73. The number of ether oxygens (including phenoxy) is 2. The van der Waals surface area contributed by atoms with Gasteiger partial charge in [0.05, 0.1) is 18.1 Å². The molecule has 0 saturated carbocycles. The molecule has 0 radical (unpaired) electrons. The predicted molar refractivity (Wildman–Crippen MR) is 121 cm³/mol. The minimum Gasteiger partial charge on any atom is -0.492 e. The van der Waals surface area contributed by atoms with Crippen molar-refractivity contribution < 1.29 is 17.9 Å². The molecule has 1 aliphatic rings. The molecule has 0 spiro atoms. The molecule has 0 saturated heterocycles. The van der Waals surface area contributed by atoms with E-state index in [4.69, 9.17) is 21.1 Å². The smallest absolute Gasteiger partial charge is 0.243 e. The molecule has 1 heterocycles. The van der Waals surface area contributed by atoms with Gasteiger partial charge in [-0.1, -0.05) is 54.1 Å². The molecule has 0 bridgehead atoms. The van der Waals surface area contributed by atoms with Gasteiger partial charge in [0, 0.05) is 23.7 Å². The van der Waals surface area contributed by atoms with Crippen molar-refractivity contribution in [2.45, 2.75) is 31.6 Å². The van der Waals surface area contributed by atoms with Gasteiger partial charge in [-0.15, -0.1) is 0 Å². The molecular weight excluding hydrogens is 434 g/mol. The topological polar surface area (TPSA) is 55.8 Å². The fourth-order valence-corrected chi connectivity index (χ4v) is 5.14. The Labute approximate surface area is 188 Å². The fraction of sp³-hybridized carbons (Fsp3) is 0.250. The average Bonchev–Trinajstić information content (AvgIpc) is 2.99. The molecule has 1 aliphatic heterocycles. The van der Waals surface area contributed by atoms with Crippen molar-refractivity contribution in [3.8, 4) is 5.75 Å². The van der Waals surface area contributed by atoms with Gasteiger partial charge >= 0.3 is 0 Å². The van der Waals surface area contributed by atoms with Crippen LogP contribution < -0.4 is 4.74 Å². The van der Waals surface area contributed by atoms with Crippen LogP contribution in [0, 0.1) is 6.92 Å². The lowest BCUT2D eigenvalue weighted by Crippen LogP contribution is -2.32. The average molecular weight is 458 g/mol. The third-order valence-corrected chi connectivity index (χ3v) is 7.48. The van der Waals surface area contributed by atoms with Gasteiger partial charge in [0.1, 0.15) is 12.4 Å². The zero-order chi connectivity index (χ0) is 21.8. The minimum absolute atomic E-state index is 0.189. The molecule has 3 aromatic carbocycles. The Bertz CT molecular complexity index is 1170. The number of halogens is 1. The summed E-state index contributed by atoms with van der Waals surface area (Å²) in [6.07, 6.45) is 0. The molecule has 0 fully saturated rings. The Morgan fingerprint density at radius 3 is 2.55 bits per heavy atom. The highest BCUT2D eigenvalue weighted by atomic mass is 35.5. The van der Waals surface area contributed by atoms with Crippen molar-refractivity contribution in [2.75, 3.05) is 13.2 Å². The van der Waals surface area contributed by atoms with E-state index in [1.807, 2.05) is 55.5 Å². The van der Waals surface area contributed by atoms with Gasteiger partial charge in [-0.2, -0.15) is 4.31 Å². The second-order valence-corrected chi connectivity index (χ2v) is 9.86. The van der Waals surface area contributed by atoms with Crippen LogP contribution in [-0.2, 0) is 34.5 Å². The maximum Gasteiger partial charge on any atom is 0.243 e. The first-order valence-corrected chi connectivity index (χ1v) is 11.9. The summed E-state index contributed by atoms with van der Waals surface area (Å²) < 4.78 is 39.5. The summed E-state index contributed by atoms with van der Waals surface area (Å²) in [6.45, 7) is 3.58. The summed E-state index contributed by atoms with van der Waals surface area (Å²) in [4.78, 5) is 0.189. The molecule has 0 unspecified atom stereocenters. The second-order valence-electron chi connectivity index (χ2n) is 7.52. The Morgan fingerprint density at radius 2 is 1.77 bits per heavy atom. The molecule has 0 amide bonds. The number of fused-ring (bicyclic) bond motifs is 1. The van der Waals surface area contributed by atoms with E-state index < -0.39 is 10.0 Å². The summed E-state index contributed by atoms with van der Waals surface area (Å²) in [6, 6.07) is 20.6. The van der Waals surface area contributed by atoms with E-state index in [0.717, 1.165) is 22.3 Å². The normalized spacial score (nSPS) is 14.5. The molecule has 5 nitrogen and oxygen atoms in total. The van der Waals surface area contributed by atoms with E-state index in [2.05, 4.69) is 0 Å². The first-order valence-electron chi connectivity index (χ1n) is 10.1. The van der Waals surface area contributed by atoms with E-state index in [9.17, 15) is 8.42 Å². The third-order valence-electron chi connectivity index (χ3n) is 5.23. The number of nitrogens with zero attached hydrogens (tertiary/aromatic N) is 1. The SMILES string of the molecule is Cc1ccc(S(=O)(=O)N2CCOc3ccc(COCc4ccccc4)cc3C2)cc1Cl. The van der Waals surface area contributed by atoms with E-state index >= 15 is 0 Å². The fourth-order valence-electron chi connectivity index (χ4n) is 3.46. The first-order chi connectivity index (χ1) is 14.9. The summed E-state index contributed by atoms with van der Waals surface area (Å²) in [5, 5.41) is 0.436. The lowest BCUT2D eigenvalue weighted by atomic mass is 10.1. The van der Waals surface area contributed by atoms with Gasteiger partial charge in [-0.25, -0.2) is 8.42 Å². The highest BCUT2D eigenvalue weighted by Crippen LogP contribution is 2.29. The monoisotopic (exact) mass is 457 g/mol. The number of rotatable bonds is 6. The van der Waals surface area contributed by atoms with Gasteiger partial charge in [0.15, 0.2) is 0 Å². The van der Waals surface area contributed by atoms with Crippen LogP contribution in [0.4, 0.5) is 0 Å². The van der Waals surface area contributed by atoms with Crippen molar-refractivity contribution in [1.29, 1.82) is 0 Å². The zero-order valence-electron chi connectivity index (χ0n) is 17.3. The Balaban J connectivity index is 1.50. The molecular formula is C24H24ClNO4S. The highest BCUT2D eigenvalue weighted by Gasteiger charge is 2.28. The van der Waals surface area contributed by atoms with Gasteiger partial charge in [0.2, 0.25) is 10.0 Å². The molecule has 0 aromatic heterocycles. The number of hydrogen-bond acceptors (Lipinski definition) is 4. The summed E-state index contributed by atoms with van der Waals surface area (Å²) in [5.74, 6) is 0.700. The quantitative estimate of drug-likeness (QED) is 0.525. The van der Waals surface area contributed by atoms with Crippen LogP contribution in [0.5, 0.6) is 5.75 Å². The first kappa shape index (κ1) is 21.8. The van der Waals surface area contributed by atoms with E-state index in [-0.39, 0.29) is 24.6 Å². The van der Waals surface area contributed by atoms with Crippen LogP contribution in [-0.4, -0.2) is 25.9 Å². The van der Waals surface area contributed by atoms with Crippen LogP contribution in [0.2, 0.25) is 5.02 Å². The molecule has 0 N–H and O–H groups in total. The maximum absolute atomic E-state index is 13.2. The summed E-state index contributed by atoms with van der Waals surface area (Å²) >= 11 is 6.16. The third kappa shape index (κ3) is 5.10. The number of sulfonamides is 1. The Kier molecular flexibility index (Phi) is 6.62. The lowest BCUT2D eigenvalue weighted by molar-refractivity contribution is 0.107. The largest absolute Gasteiger partial charge is 0.492 e. The van der Waals surface area contributed by atoms with Gasteiger partial charge in [-0.3, -0.25) is 0 Å². The molecule has 0 aliphatic carbocycles. The molecule has 162 valence electrons. The van der Waals surface area contributed by atoms with E-state index in [0.29, 0.717) is 24.0 Å². The van der Waals surface area contributed by atoms with Crippen LogP contribution in [0.3, 0.4) is 0 Å². The van der Waals surface area contributed by atoms with E-state index in [1.54, 1.807) is 12.1 Å². The second kappa shape index (κ2) is 9.40. The van der Waals surface area contributed by atoms with Crippen molar-refractivity contribution in [3.05, 3.63) is 94.0 Å². The van der Waals surface area contributed by atoms with Crippen LogP contribution >= 0.6 is 11.6 Å². The summed E-state index contributed by atoms with van der Waals surface area (Å²) in [7, 11) is -3.70. The molecule has 3 aromatic rings. The molecule has 7 heteroatoms. The van der Waals surface area contributed by atoms with Gasteiger partial charge < -0.3 is 9.47 Å². The molecule has 31 heavy (non-hydrogen) atoms. The Hall–Kier alpha value is -2.38. The maximum atomic E-state index is 13.2. The Morgan fingerprint density at radius 1 is 1.00 bits per heavy atom. The standard InChI is InChI=1S/C24H24ClNO4S/c1-18-7-9-22(14-23(18)25)31(27,28)26-11-12-30-24-10-8-20(13-21(24)15-26)17-29-16-19-5-3-2-4-6-19/h2-10,13-14H,11-12,15-17H2,1H3. The number of aryl methyl sites for hydroxylation is 1. The molecule has 0 atom stereocenters. The van der Waals surface area contributed by atoms with Gasteiger partial charge in [0.25, 0.3) is 0 Å². The van der Waals surface area contributed by atoms with Crippen molar-refractivity contribution in [1.82, 2.24) is 4.31 Å². The van der Waals surface area contributed by atoms with Gasteiger partial charge in [-0.05, 0) is 47.9 Å². The van der Waals surface area contributed by atoms with Crippen molar-refractivity contribution in [3.63, 3.8) is 0 Å². The minimum atomic E-state index is -3.70. The van der Waals surface area contributed by atoms with E-state index in [1.165, 1.54) is 10.4 Å². The molecule has 4 rings (SSSR count). The van der Waals surface area contributed by atoms with Crippen molar-refractivity contribution >= 4 is 21.6 Å². The highest BCUT2D eigenvalue weighted by molar-refractivity contribution is 7.89. The number of benzene rings is 3. The zero-order valence-corrected chi connectivity index (χ0v) is 18.8. The predicted octanol–water partition coefficient (Wildman–Crippen LogP) is 4.95. The van der Waals surface area contributed by atoms with Crippen LogP contribution in [0.1, 0.15) is 22.3 Å².